The molecule has 1 nitrogen and oxygen atoms in total. The molecule has 0 unspecified atom stereocenters. The first-order valence-electron chi connectivity index (χ1n) is 1.68. The number of nitrogens with zero attached hydrogens (tertiary/aromatic N) is 1. The SMILES string of the molecule is C=C([S-])N(C)C. The van der Waals surface area contributed by atoms with Crippen LogP contribution in [-0.4, -0.2) is 19.0 Å². The van der Waals surface area contributed by atoms with E-state index in [4.69, 9.17) is 0 Å². The molecule has 0 amide bonds. The van der Waals surface area contributed by atoms with Crippen LogP contribution < -0.4 is 0 Å². The Morgan fingerprint density at radius 1 is 1.67 bits per heavy atom. The molecular weight excluding hydrogens is 94.1 g/mol. The van der Waals surface area contributed by atoms with Gasteiger partial charge in [-0.25, -0.2) is 0 Å². The molecule has 0 heterocycles. The van der Waals surface area contributed by atoms with Gasteiger partial charge in [0, 0.05) is 14.1 Å². The summed E-state index contributed by atoms with van der Waals surface area (Å²) >= 11 is 4.63. The molecule has 0 aromatic heterocycles. The smallest absolute Gasteiger partial charge is 0.00395 e. The molecule has 6 heavy (non-hydrogen) atoms. The second-order valence-electron chi connectivity index (χ2n) is 1.29. The number of rotatable bonds is 1. The number of hydrogen-bond acceptors (Lipinski definition) is 2. The summed E-state index contributed by atoms with van der Waals surface area (Å²) in [5.74, 6) is 0. The Hall–Kier alpha value is -0.240. The minimum Gasteiger partial charge on any atom is -0.763 e. The first-order chi connectivity index (χ1) is 2.64. The van der Waals surface area contributed by atoms with Crippen LogP contribution in [0.1, 0.15) is 0 Å². The van der Waals surface area contributed by atoms with Gasteiger partial charge < -0.3 is 17.5 Å². The third-order valence-corrected chi connectivity index (χ3v) is 0.864. The summed E-state index contributed by atoms with van der Waals surface area (Å²) < 4.78 is 0. The molecule has 0 fully saturated rings. The summed E-state index contributed by atoms with van der Waals surface area (Å²) in [6, 6.07) is 0. The van der Waals surface area contributed by atoms with Crippen LogP contribution in [0.2, 0.25) is 0 Å². The van der Waals surface area contributed by atoms with Gasteiger partial charge in [0.25, 0.3) is 0 Å². The van der Waals surface area contributed by atoms with Crippen LogP contribution in [0, 0.1) is 0 Å². The van der Waals surface area contributed by atoms with E-state index in [0.717, 1.165) is 0 Å². The first-order valence-corrected chi connectivity index (χ1v) is 2.08. The van der Waals surface area contributed by atoms with Gasteiger partial charge >= 0.3 is 0 Å². The highest BCUT2D eigenvalue weighted by atomic mass is 32.1. The molecule has 0 radical (unpaired) electrons. The zero-order valence-electron chi connectivity index (χ0n) is 4.06. The monoisotopic (exact) mass is 102 g/mol. The molecule has 0 aliphatic heterocycles. The lowest BCUT2D eigenvalue weighted by Gasteiger charge is -2.19. The van der Waals surface area contributed by atoms with Gasteiger partial charge in [0.05, 0.1) is 0 Å². The largest absolute Gasteiger partial charge is 0.763 e. The van der Waals surface area contributed by atoms with Crippen LogP contribution in [0.25, 0.3) is 0 Å². The van der Waals surface area contributed by atoms with Crippen molar-refractivity contribution in [3.8, 4) is 0 Å². The third kappa shape index (κ3) is 2.03. The number of hydrogen-bond donors (Lipinski definition) is 0. The molecule has 0 spiro atoms. The van der Waals surface area contributed by atoms with Gasteiger partial charge in [0.2, 0.25) is 0 Å². The maximum absolute atomic E-state index is 4.63. The second-order valence-corrected chi connectivity index (χ2v) is 1.76. The average molecular weight is 102 g/mol. The molecule has 0 atom stereocenters. The minimum atomic E-state index is 0.676. The van der Waals surface area contributed by atoms with Crippen molar-refractivity contribution < 1.29 is 0 Å². The Balaban J connectivity index is 3.26. The van der Waals surface area contributed by atoms with Crippen molar-refractivity contribution in [3.05, 3.63) is 11.6 Å². The van der Waals surface area contributed by atoms with Crippen LogP contribution in [-0.2, 0) is 12.6 Å². The first kappa shape index (κ1) is 5.76. The Kier molecular flexibility index (Phi) is 1.95. The van der Waals surface area contributed by atoms with E-state index in [1.54, 1.807) is 4.90 Å². The van der Waals surface area contributed by atoms with Crippen LogP contribution in [0.5, 0.6) is 0 Å². The fourth-order valence-electron chi connectivity index (χ4n) is 0. The Labute approximate surface area is 44.1 Å². The van der Waals surface area contributed by atoms with Gasteiger partial charge in [-0.05, 0) is 0 Å². The van der Waals surface area contributed by atoms with Gasteiger partial charge in [-0.3, -0.25) is 0 Å². The highest BCUT2D eigenvalue weighted by Crippen LogP contribution is 1.84. The van der Waals surface area contributed by atoms with Gasteiger partial charge in [0.15, 0.2) is 0 Å². The quantitative estimate of drug-likeness (QED) is 0.445. The molecule has 0 aromatic carbocycles. The molecule has 36 valence electrons. The molecule has 0 N–H and O–H groups in total. The van der Waals surface area contributed by atoms with E-state index in [1.807, 2.05) is 14.1 Å². The summed E-state index contributed by atoms with van der Waals surface area (Å²) in [6.07, 6.45) is 0. The molecule has 0 saturated heterocycles. The van der Waals surface area contributed by atoms with Crippen LogP contribution in [0.3, 0.4) is 0 Å². The lowest BCUT2D eigenvalue weighted by atomic mass is 10.8. The normalized spacial score (nSPS) is 7.67. The topological polar surface area (TPSA) is 3.24 Å². The van der Waals surface area contributed by atoms with Gasteiger partial charge in [-0.15, -0.1) is 11.6 Å². The maximum atomic E-state index is 4.63. The van der Waals surface area contributed by atoms with E-state index in [0.29, 0.717) is 5.03 Å². The predicted octanol–water partition coefficient (Wildman–Crippen LogP) is 0.566. The predicted molar refractivity (Wildman–Crippen MR) is 30.2 cm³/mol. The molecule has 2 heteroatoms. The van der Waals surface area contributed by atoms with Gasteiger partial charge in [-0.1, -0.05) is 0 Å². The summed E-state index contributed by atoms with van der Waals surface area (Å²) in [5.41, 5.74) is 0. The highest BCUT2D eigenvalue weighted by Gasteiger charge is 1.69. The van der Waals surface area contributed by atoms with Crippen molar-refractivity contribution in [1.29, 1.82) is 0 Å². The molecule has 0 aromatic rings. The standard InChI is InChI=1S/C4H9NS/c1-4(6)5(2)3/h6H,1H2,2-3H3/p-1. The van der Waals surface area contributed by atoms with E-state index < -0.39 is 0 Å². The van der Waals surface area contributed by atoms with Crippen LogP contribution >= 0.6 is 0 Å². The van der Waals surface area contributed by atoms with E-state index in [1.165, 1.54) is 0 Å². The average Bonchev–Trinajstić information content (AvgIpc) is 1.36. The summed E-state index contributed by atoms with van der Waals surface area (Å²) in [7, 11) is 3.74. The maximum Gasteiger partial charge on any atom is 0.00395 e. The Bertz CT molecular complexity index is 58.6. The molecule has 0 aliphatic rings. The Morgan fingerprint density at radius 2 is 1.83 bits per heavy atom. The van der Waals surface area contributed by atoms with Gasteiger partial charge in [0.1, 0.15) is 0 Å². The van der Waals surface area contributed by atoms with E-state index in [9.17, 15) is 0 Å². The summed E-state index contributed by atoms with van der Waals surface area (Å²) in [5, 5.41) is 0.676. The second kappa shape index (κ2) is 2.03. The minimum absolute atomic E-state index is 0.676. The van der Waals surface area contributed by atoms with Crippen molar-refractivity contribution in [2.75, 3.05) is 14.1 Å². The summed E-state index contributed by atoms with van der Waals surface area (Å²) in [4.78, 5) is 1.79. The molecular formula is C4H8NS-. The molecule has 0 rings (SSSR count). The molecule has 0 saturated carbocycles. The van der Waals surface area contributed by atoms with Crippen molar-refractivity contribution >= 4 is 12.6 Å². The Morgan fingerprint density at radius 3 is 1.83 bits per heavy atom. The van der Waals surface area contributed by atoms with E-state index in [-0.39, 0.29) is 0 Å². The van der Waals surface area contributed by atoms with Crippen molar-refractivity contribution in [3.63, 3.8) is 0 Å². The van der Waals surface area contributed by atoms with Crippen LogP contribution in [0.4, 0.5) is 0 Å². The van der Waals surface area contributed by atoms with Crippen LogP contribution in [0.15, 0.2) is 11.6 Å². The van der Waals surface area contributed by atoms with Crippen molar-refractivity contribution in [2.24, 2.45) is 0 Å². The summed E-state index contributed by atoms with van der Waals surface area (Å²) in [6.45, 7) is 3.50. The van der Waals surface area contributed by atoms with Gasteiger partial charge in [-0.2, -0.15) is 0 Å². The zero-order chi connectivity index (χ0) is 5.15. The zero-order valence-corrected chi connectivity index (χ0v) is 4.88. The van der Waals surface area contributed by atoms with Crippen molar-refractivity contribution in [2.45, 2.75) is 0 Å². The molecule has 0 aliphatic carbocycles. The highest BCUT2D eigenvalue weighted by molar-refractivity contribution is 7.63. The van der Waals surface area contributed by atoms with Crippen molar-refractivity contribution in [1.82, 2.24) is 4.90 Å². The fraction of sp³-hybridized carbons (Fsp3) is 0.500. The molecule has 0 bridgehead atoms. The third-order valence-electron chi connectivity index (χ3n) is 0.499. The van der Waals surface area contributed by atoms with E-state index >= 15 is 0 Å². The van der Waals surface area contributed by atoms with E-state index in [2.05, 4.69) is 19.2 Å². The lowest BCUT2D eigenvalue weighted by molar-refractivity contribution is 0.553. The fourth-order valence-corrected chi connectivity index (χ4v) is 0. The lowest BCUT2D eigenvalue weighted by Crippen LogP contribution is -2.06.